The zero-order valence-corrected chi connectivity index (χ0v) is 14.7. The second-order valence-corrected chi connectivity index (χ2v) is 9.63. The molecule has 3 N–H and O–H groups in total. The van der Waals surface area contributed by atoms with E-state index < -0.39 is 20.6 Å². The maximum atomic E-state index is 12.8. The standard InChI is InChI=1S/C17H19NO4S2/c18-13-5-3-12(4-6-13)14-7-8-15(23-14)17(11-16(19)20)9-1-2-10-24(17,21)22/h3-8H,1-2,9-11,18H2,(H,19,20). The van der Waals surface area contributed by atoms with Gasteiger partial charge in [-0.15, -0.1) is 11.3 Å². The lowest BCUT2D eigenvalue weighted by Crippen LogP contribution is -2.41. The number of thiophene rings is 1. The number of anilines is 1. The van der Waals surface area contributed by atoms with Gasteiger partial charge in [-0.05, 0) is 42.7 Å². The number of benzene rings is 1. The first-order chi connectivity index (χ1) is 11.3. The van der Waals surface area contributed by atoms with Crippen molar-refractivity contribution in [3.05, 3.63) is 41.3 Å². The molecular formula is C17H19NO4S2. The molecule has 0 spiro atoms. The van der Waals surface area contributed by atoms with Gasteiger partial charge in [-0.3, -0.25) is 4.79 Å². The summed E-state index contributed by atoms with van der Waals surface area (Å²) in [5, 5.41) is 9.31. The summed E-state index contributed by atoms with van der Waals surface area (Å²) in [5.41, 5.74) is 7.30. The second kappa shape index (κ2) is 6.22. The van der Waals surface area contributed by atoms with Crippen LogP contribution in [0.5, 0.6) is 0 Å². The van der Waals surface area contributed by atoms with Crippen LogP contribution in [0.25, 0.3) is 10.4 Å². The molecule has 0 aliphatic carbocycles. The average Bonchev–Trinajstić information content (AvgIpc) is 3.00. The number of carboxylic acid groups (broad SMARTS) is 1. The Hall–Kier alpha value is -1.86. The van der Waals surface area contributed by atoms with Gasteiger partial charge in [-0.25, -0.2) is 8.42 Å². The highest BCUT2D eigenvalue weighted by atomic mass is 32.2. The topological polar surface area (TPSA) is 97.5 Å². The van der Waals surface area contributed by atoms with Gasteiger partial charge >= 0.3 is 5.97 Å². The summed E-state index contributed by atoms with van der Waals surface area (Å²) >= 11 is 1.36. The summed E-state index contributed by atoms with van der Waals surface area (Å²) in [6.45, 7) is 0. The monoisotopic (exact) mass is 365 g/mol. The number of carbonyl (C=O) groups is 1. The Morgan fingerprint density at radius 1 is 1.17 bits per heavy atom. The fraction of sp³-hybridized carbons (Fsp3) is 0.353. The van der Waals surface area contributed by atoms with Crippen molar-refractivity contribution in [3.8, 4) is 10.4 Å². The summed E-state index contributed by atoms with van der Waals surface area (Å²) in [6.07, 6.45) is 1.31. The number of rotatable bonds is 4. The SMILES string of the molecule is Nc1ccc(-c2ccc(C3(CC(=O)O)CCCCS3(=O)=O)s2)cc1. The second-order valence-electron chi connectivity index (χ2n) is 6.13. The smallest absolute Gasteiger partial charge is 0.305 e. The molecule has 0 bridgehead atoms. The van der Waals surface area contributed by atoms with E-state index in [4.69, 9.17) is 5.73 Å². The number of sulfone groups is 1. The largest absolute Gasteiger partial charge is 0.481 e. The highest BCUT2D eigenvalue weighted by Gasteiger charge is 2.49. The van der Waals surface area contributed by atoms with Crippen LogP contribution in [0.2, 0.25) is 0 Å². The van der Waals surface area contributed by atoms with Crippen LogP contribution in [0, 0.1) is 0 Å². The summed E-state index contributed by atoms with van der Waals surface area (Å²) in [4.78, 5) is 12.9. The van der Waals surface area contributed by atoms with Crippen molar-refractivity contribution >= 4 is 32.8 Å². The van der Waals surface area contributed by atoms with Crippen LogP contribution in [-0.4, -0.2) is 25.2 Å². The van der Waals surface area contributed by atoms with Gasteiger partial charge in [0.1, 0.15) is 4.75 Å². The Balaban J connectivity index is 2.06. The van der Waals surface area contributed by atoms with Gasteiger partial charge < -0.3 is 10.8 Å². The van der Waals surface area contributed by atoms with Crippen LogP contribution in [0.15, 0.2) is 36.4 Å². The lowest BCUT2D eigenvalue weighted by atomic mass is 9.95. The molecule has 1 saturated heterocycles. The molecule has 0 saturated carbocycles. The van der Waals surface area contributed by atoms with Crippen molar-refractivity contribution in [2.75, 3.05) is 11.5 Å². The lowest BCUT2D eigenvalue weighted by Gasteiger charge is -2.34. The molecule has 1 aromatic heterocycles. The lowest BCUT2D eigenvalue weighted by molar-refractivity contribution is -0.137. The highest BCUT2D eigenvalue weighted by Crippen LogP contribution is 2.47. The first-order valence-electron chi connectivity index (χ1n) is 7.74. The highest BCUT2D eigenvalue weighted by molar-refractivity contribution is 7.92. The molecular weight excluding hydrogens is 346 g/mol. The Morgan fingerprint density at radius 3 is 2.50 bits per heavy atom. The van der Waals surface area contributed by atoms with Gasteiger partial charge in [0.25, 0.3) is 0 Å². The number of carboxylic acids is 1. The van der Waals surface area contributed by atoms with E-state index in [1.165, 1.54) is 11.3 Å². The Bertz CT molecular complexity index is 855. The van der Waals surface area contributed by atoms with E-state index in [-0.39, 0.29) is 12.2 Å². The third-order valence-corrected chi connectivity index (χ3v) is 8.58. The summed E-state index contributed by atoms with van der Waals surface area (Å²) in [7, 11) is -3.50. The van der Waals surface area contributed by atoms with E-state index in [9.17, 15) is 18.3 Å². The molecule has 7 heteroatoms. The fourth-order valence-electron chi connectivity index (χ4n) is 3.25. The molecule has 3 rings (SSSR count). The summed E-state index contributed by atoms with van der Waals surface area (Å²) < 4.78 is 24.2. The Morgan fingerprint density at radius 2 is 1.88 bits per heavy atom. The Labute approximate surface area is 145 Å². The number of hydrogen-bond donors (Lipinski definition) is 2. The first-order valence-corrected chi connectivity index (χ1v) is 10.2. The van der Waals surface area contributed by atoms with E-state index >= 15 is 0 Å². The quantitative estimate of drug-likeness (QED) is 0.811. The Kier molecular flexibility index (Phi) is 4.40. The van der Waals surface area contributed by atoms with E-state index in [0.717, 1.165) is 16.9 Å². The molecule has 5 nitrogen and oxygen atoms in total. The van der Waals surface area contributed by atoms with Gasteiger partial charge in [0.15, 0.2) is 9.84 Å². The zero-order valence-electron chi connectivity index (χ0n) is 13.1. The molecule has 1 aliphatic heterocycles. The molecule has 0 amide bonds. The van der Waals surface area contributed by atoms with Crippen molar-refractivity contribution in [1.29, 1.82) is 0 Å². The van der Waals surface area contributed by atoms with Crippen LogP contribution in [0.4, 0.5) is 5.69 Å². The van der Waals surface area contributed by atoms with Crippen LogP contribution >= 0.6 is 11.3 Å². The molecule has 1 unspecified atom stereocenters. The zero-order chi connectivity index (χ0) is 17.4. The van der Waals surface area contributed by atoms with Crippen LogP contribution in [0.1, 0.15) is 30.6 Å². The molecule has 128 valence electrons. The maximum Gasteiger partial charge on any atom is 0.305 e. The van der Waals surface area contributed by atoms with Gasteiger partial charge in [0.2, 0.25) is 0 Å². The van der Waals surface area contributed by atoms with Crippen LogP contribution in [0.3, 0.4) is 0 Å². The molecule has 2 heterocycles. The van der Waals surface area contributed by atoms with E-state index in [2.05, 4.69) is 0 Å². The van der Waals surface area contributed by atoms with E-state index in [1.807, 2.05) is 18.2 Å². The minimum Gasteiger partial charge on any atom is -0.481 e. The molecule has 1 fully saturated rings. The van der Waals surface area contributed by atoms with Crippen molar-refractivity contribution in [2.24, 2.45) is 0 Å². The molecule has 24 heavy (non-hydrogen) atoms. The minimum atomic E-state index is -3.50. The van der Waals surface area contributed by atoms with Gasteiger partial charge in [0, 0.05) is 15.4 Å². The number of nitrogen functional groups attached to an aromatic ring is 1. The van der Waals surface area contributed by atoms with Crippen LogP contribution in [-0.2, 0) is 19.4 Å². The normalized spacial score (nSPS) is 23.0. The molecule has 1 aliphatic rings. The molecule has 0 radical (unpaired) electrons. The third-order valence-electron chi connectivity index (χ3n) is 4.53. The average molecular weight is 365 g/mol. The number of hydrogen-bond acceptors (Lipinski definition) is 5. The first kappa shape index (κ1) is 17.0. The maximum absolute atomic E-state index is 12.8. The predicted octanol–water partition coefficient (Wildman–Crippen LogP) is 3.27. The van der Waals surface area contributed by atoms with Crippen molar-refractivity contribution in [2.45, 2.75) is 30.4 Å². The van der Waals surface area contributed by atoms with Gasteiger partial charge in [-0.2, -0.15) is 0 Å². The molecule has 1 aromatic carbocycles. The van der Waals surface area contributed by atoms with Crippen LogP contribution < -0.4 is 5.73 Å². The number of aliphatic carboxylic acids is 1. The summed E-state index contributed by atoms with van der Waals surface area (Å²) in [6, 6.07) is 11.0. The predicted molar refractivity (Wildman–Crippen MR) is 95.7 cm³/mol. The summed E-state index contributed by atoms with van der Waals surface area (Å²) in [5.74, 6) is -1.03. The van der Waals surface area contributed by atoms with Crippen molar-refractivity contribution < 1.29 is 18.3 Å². The molecule has 2 aromatic rings. The van der Waals surface area contributed by atoms with E-state index in [1.54, 1.807) is 18.2 Å². The van der Waals surface area contributed by atoms with E-state index in [0.29, 0.717) is 23.4 Å². The van der Waals surface area contributed by atoms with Gasteiger partial charge in [0.05, 0.1) is 12.2 Å². The molecule has 1 atom stereocenters. The third kappa shape index (κ3) is 2.93. The van der Waals surface area contributed by atoms with Crippen molar-refractivity contribution in [1.82, 2.24) is 0 Å². The van der Waals surface area contributed by atoms with Crippen molar-refractivity contribution in [3.63, 3.8) is 0 Å². The number of nitrogens with two attached hydrogens (primary N) is 1. The van der Waals surface area contributed by atoms with Gasteiger partial charge in [-0.1, -0.05) is 18.6 Å². The minimum absolute atomic E-state index is 0.0510. The fourth-order valence-corrected chi connectivity index (χ4v) is 7.02.